The van der Waals surface area contributed by atoms with E-state index in [4.69, 9.17) is 9.84 Å². The Hall–Kier alpha value is -1.45. The van der Waals surface area contributed by atoms with Crippen LogP contribution >= 0.6 is 0 Å². The van der Waals surface area contributed by atoms with E-state index in [1.807, 2.05) is 0 Å². The van der Waals surface area contributed by atoms with Gasteiger partial charge in [-0.3, -0.25) is 0 Å². The minimum absolute atomic E-state index is 0.0484. The summed E-state index contributed by atoms with van der Waals surface area (Å²) < 4.78 is 32.1. The standard InChI is InChI=1S/C10H18N4O4S/c1-8-7-9(18-3)12-10(11-8)13-19(16,17)14(2)5-4-6-15/h7,15H,4-6H2,1-3H3,(H,11,12,13). The summed E-state index contributed by atoms with van der Waals surface area (Å²) in [6, 6.07) is 1.59. The Morgan fingerprint density at radius 3 is 2.74 bits per heavy atom. The van der Waals surface area contributed by atoms with Crippen LogP contribution in [0.5, 0.6) is 5.88 Å². The van der Waals surface area contributed by atoms with Crippen LogP contribution in [-0.2, 0) is 10.2 Å². The summed E-state index contributed by atoms with van der Waals surface area (Å²) in [7, 11) is -0.890. The number of aliphatic hydroxyl groups excluding tert-OH is 1. The van der Waals surface area contributed by atoms with Gasteiger partial charge in [-0.05, 0) is 13.3 Å². The molecule has 2 N–H and O–H groups in total. The summed E-state index contributed by atoms with van der Waals surface area (Å²) in [5.74, 6) is 0.232. The van der Waals surface area contributed by atoms with Gasteiger partial charge in [-0.25, -0.2) is 9.71 Å². The number of nitrogens with one attached hydrogen (secondary N) is 1. The van der Waals surface area contributed by atoms with E-state index in [-0.39, 0.29) is 25.0 Å². The van der Waals surface area contributed by atoms with Crippen molar-refractivity contribution in [2.45, 2.75) is 13.3 Å². The van der Waals surface area contributed by atoms with Crippen molar-refractivity contribution in [2.24, 2.45) is 0 Å². The third-order valence-electron chi connectivity index (χ3n) is 2.30. The quantitative estimate of drug-likeness (QED) is 0.718. The Morgan fingerprint density at radius 2 is 2.16 bits per heavy atom. The highest BCUT2D eigenvalue weighted by molar-refractivity contribution is 7.90. The molecule has 0 aliphatic heterocycles. The molecular formula is C10H18N4O4S. The average molecular weight is 290 g/mol. The van der Waals surface area contributed by atoms with Crippen molar-refractivity contribution in [3.8, 4) is 5.88 Å². The van der Waals surface area contributed by atoms with Gasteiger partial charge in [0.1, 0.15) is 0 Å². The molecule has 1 aromatic rings. The molecule has 9 heteroatoms. The lowest BCUT2D eigenvalue weighted by Gasteiger charge is -2.17. The van der Waals surface area contributed by atoms with E-state index in [2.05, 4.69) is 14.7 Å². The van der Waals surface area contributed by atoms with Crippen LogP contribution in [-0.4, -0.2) is 55.1 Å². The molecule has 0 aliphatic rings. The SMILES string of the molecule is COc1cc(C)nc(NS(=O)(=O)N(C)CCCO)n1. The van der Waals surface area contributed by atoms with Crippen molar-refractivity contribution in [1.82, 2.24) is 14.3 Å². The number of methoxy groups -OCH3 is 1. The molecule has 0 saturated heterocycles. The molecule has 8 nitrogen and oxygen atoms in total. The van der Waals surface area contributed by atoms with Gasteiger partial charge in [-0.15, -0.1) is 0 Å². The second kappa shape index (κ2) is 6.64. The van der Waals surface area contributed by atoms with Crippen LogP contribution in [0, 0.1) is 6.92 Å². The summed E-state index contributed by atoms with van der Waals surface area (Å²) in [5.41, 5.74) is 0.586. The number of hydrogen-bond donors (Lipinski definition) is 2. The Balaban J connectivity index is 2.85. The van der Waals surface area contributed by atoms with E-state index in [0.29, 0.717) is 12.1 Å². The number of aryl methyl sites for hydroxylation is 1. The molecule has 0 saturated carbocycles. The molecule has 0 atom stereocenters. The highest BCUT2D eigenvalue weighted by Crippen LogP contribution is 2.13. The molecule has 1 aromatic heterocycles. The van der Waals surface area contributed by atoms with Gasteiger partial charge in [0, 0.05) is 32.0 Å². The van der Waals surface area contributed by atoms with Crippen LogP contribution in [0.15, 0.2) is 6.07 Å². The topological polar surface area (TPSA) is 105 Å². The summed E-state index contributed by atoms with van der Waals surface area (Å²) >= 11 is 0. The number of aliphatic hydroxyl groups is 1. The predicted molar refractivity (Wildman–Crippen MR) is 70.2 cm³/mol. The normalized spacial score (nSPS) is 11.6. The van der Waals surface area contributed by atoms with Crippen molar-refractivity contribution in [3.63, 3.8) is 0 Å². The number of anilines is 1. The van der Waals surface area contributed by atoms with Crippen molar-refractivity contribution in [1.29, 1.82) is 0 Å². The minimum Gasteiger partial charge on any atom is -0.481 e. The first-order chi connectivity index (χ1) is 8.89. The highest BCUT2D eigenvalue weighted by Gasteiger charge is 2.18. The fraction of sp³-hybridized carbons (Fsp3) is 0.600. The second-order valence-corrected chi connectivity index (χ2v) is 5.66. The third kappa shape index (κ3) is 4.62. The molecule has 1 rings (SSSR count). The van der Waals surface area contributed by atoms with E-state index in [1.54, 1.807) is 13.0 Å². The molecule has 0 amide bonds. The molecular weight excluding hydrogens is 272 g/mol. The van der Waals surface area contributed by atoms with Crippen molar-refractivity contribution in [3.05, 3.63) is 11.8 Å². The van der Waals surface area contributed by atoms with Crippen molar-refractivity contribution in [2.75, 3.05) is 32.0 Å². The molecule has 0 unspecified atom stereocenters. The Labute approximate surface area is 112 Å². The molecule has 1 heterocycles. The van der Waals surface area contributed by atoms with Crippen LogP contribution in [0.25, 0.3) is 0 Å². The van der Waals surface area contributed by atoms with E-state index in [0.717, 1.165) is 4.31 Å². The molecule has 0 bridgehead atoms. The van der Waals surface area contributed by atoms with Crippen LogP contribution in [0.4, 0.5) is 5.95 Å². The lowest BCUT2D eigenvalue weighted by Crippen LogP contribution is -2.34. The molecule has 0 aromatic carbocycles. The molecule has 0 fully saturated rings. The van der Waals surface area contributed by atoms with Gasteiger partial charge in [0.15, 0.2) is 0 Å². The summed E-state index contributed by atoms with van der Waals surface area (Å²) in [6.45, 7) is 1.83. The van der Waals surface area contributed by atoms with Crippen molar-refractivity contribution >= 4 is 16.2 Å². The molecule has 0 aliphatic carbocycles. The molecule has 19 heavy (non-hydrogen) atoms. The van der Waals surface area contributed by atoms with Gasteiger partial charge in [0.05, 0.1) is 7.11 Å². The first-order valence-corrected chi connectivity index (χ1v) is 7.07. The zero-order valence-electron chi connectivity index (χ0n) is 11.1. The highest BCUT2D eigenvalue weighted by atomic mass is 32.2. The van der Waals surface area contributed by atoms with Gasteiger partial charge < -0.3 is 9.84 Å². The number of rotatable bonds is 7. The Kier molecular flexibility index (Phi) is 5.45. The van der Waals surface area contributed by atoms with E-state index in [1.165, 1.54) is 14.2 Å². The number of ether oxygens (including phenoxy) is 1. The van der Waals surface area contributed by atoms with Crippen LogP contribution in [0.1, 0.15) is 12.1 Å². The monoisotopic (exact) mass is 290 g/mol. The Bertz CT molecular complexity index is 520. The van der Waals surface area contributed by atoms with Gasteiger partial charge in [-0.2, -0.15) is 17.7 Å². The van der Waals surface area contributed by atoms with Crippen molar-refractivity contribution < 1.29 is 18.3 Å². The first-order valence-electron chi connectivity index (χ1n) is 5.63. The number of nitrogens with zero attached hydrogens (tertiary/aromatic N) is 3. The van der Waals surface area contributed by atoms with E-state index < -0.39 is 10.2 Å². The number of hydrogen-bond acceptors (Lipinski definition) is 6. The van der Waals surface area contributed by atoms with Crippen LogP contribution in [0.2, 0.25) is 0 Å². The van der Waals surface area contributed by atoms with Crippen LogP contribution in [0.3, 0.4) is 0 Å². The molecule has 0 radical (unpaired) electrons. The maximum atomic E-state index is 11.9. The maximum Gasteiger partial charge on any atom is 0.303 e. The second-order valence-electron chi connectivity index (χ2n) is 3.88. The zero-order valence-corrected chi connectivity index (χ0v) is 11.9. The lowest BCUT2D eigenvalue weighted by atomic mass is 10.4. The zero-order chi connectivity index (χ0) is 14.5. The fourth-order valence-electron chi connectivity index (χ4n) is 1.30. The van der Waals surface area contributed by atoms with Gasteiger partial charge in [0.2, 0.25) is 11.8 Å². The smallest absolute Gasteiger partial charge is 0.303 e. The Morgan fingerprint density at radius 1 is 1.47 bits per heavy atom. The average Bonchev–Trinajstić information content (AvgIpc) is 2.34. The third-order valence-corrected chi connectivity index (χ3v) is 3.75. The summed E-state index contributed by atoms with van der Waals surface area (Å²) in [6.07, 6.45) is 0.357. The van der Waals surface area contributed by atoms with E-state index in [9.17, 15) is 8.42 Å². The van der Waals surface area contributed by atoms with Gasteiger partial charge in [0.25, 0.3) is 0 Å². The lowest BCUT2D eigenvalue weighted by molar-refractivity contribution is 0.276. The van der Waals surface area contributed by atoms with Crippen LogP contribution < -0.4 is 9.46 Å². The van der Waals surface area contributed by atoms with Gasteiger partial charge in [-0.1, -0.05) is 0 Å². The molecule has 108 valence electrons. The summed E-state index contributed by atoms with van der Waals surface area (Å²) in [5, 5.41) is 8.69. The maximum absolute atomic E-state index is 11.9. The fourth-order valence-corrected chi connectivity index (χ4v) is 2.14. The predicted octanol–water partition coefficient (Wildman–Crippen LogP) is -0.235. The molecule has 0 spiro atoms. The number of aromatic nitrogens is 2. The summed E-state index contributed by atoms with van der Waals surface area (Å²) in [4.78, 5) is 7.87. The minimum atomic E-state index is -3.74. The largest absolute Gasteiger partial charge is 0.481 e. The van der Waals surface area contributed by atoms with Gasteiger partial charge >= 0.3 is 10.2 Å². The first kappa shape index (κ1) is 15.6. The van der Waals surface area contributed by atoms with E-state index >= 15 is 0 Å².